The number of nitrogens with one attached hydrogen (secondary N) is 2. The Kier molecular flexibility index (Phi) is 6.14. The van der Waals surface area contributed by atoms with Gasteiger partial charge in [0.25, 0.3) is 0 Å². The number of carbonyl (C=O) groups is 2. The second kappa shape index (κ2) is 8.06. The summed E-state index contributed by atoms with van der Waals surface area (Å²) in [6, 6.07) is 0. The summed E-state index contributed by atoms with van der Waals surface area (Å²) in [7, 11) is 0. The van der Waals surface area contributed by atoms with Crippen molar-refractivity contribution in [3.63, 3.8) is 0 Å². The number of fused-ring (bicyclic) bond motifs is 5. The van der Waals surface area contributed by atoms with E-state index in [0.717, 1.165) is 25.7 Å². The first-order chi connectivity index (χ1) is 12.5. The summed E-state index contributed by atoms with van der Waals surface area (Å²) in [6.07, 6.45) is 7.82. The Hall–Kier alpha value is -1.16. The minimum Gasteiger partial charge on any atom is -0.388 e. The van der Waals surface area contributed by atoms with Crippen LogP contribution in [0.2, 0.25) is 0 Å². The molecule has 3 fully saturated rings. The van der Waals surface area contributed by atoms with Crippen molar-refractivity contribution in [2.24, 2.45) is 28.7 Å². The summed E-state index contributed by atoms with van der Waals surface area (Å²) in [4.78, 5) is 31.2. The molecular weight excluding hydrogens is 459 g/mol. The maximum atomic E-state index is 12.7. The van der Waals surface area contributed by atoms with E-state index in [1.165, 1.54) is 4.90 Å². The number of hydrogen-bond donors (Lipinski definition) is 3. The Labute approximate surface area is 177 Å². The highest BCUT2D eigenvalue weighted by Gasteiger charge is 2.58. The van der Waals surface area contributed by atoms with E-state index in [9.17, 15) is 14.7 Å². The third kappa shape index (κ3) is 3.74. The van der Waals surface area contributed by atoms with Gasteiger partial charge in [-0.2, -0.15) is 0 Å². The molecule has 3 N–H and O–H groups in total. The van der Waals surface area contributed by atoms with Crippen LogP contribution in [0.15, 0.2) is 17.1 Å². The summed E-state index contributed by atoms with van der Waals surface area (Å²) in [5.41, 5.74) is -0.660. The van der Waals surface area contributed by atoms with Gasteiger partial charge >= 0.3 is 0 Å². The number of aliphatic imine (C=N–C) groups is 1. The van der Waals surface area contributed by atoms with E-state index in [4.69, 9.17) is 0 Å². The molecule has 27 heavy (non-hydrogen) atoms. The van der Waals surface area contributed by atoms with Crippen LogP contribution >= 0.6 is 24.0 Å². The number of guanidine groups is 1. The van der Waals surface area contributed by atoms with Crippen LogP contribution in [0.4, 0.5) is 0 Å². The summed E-state index contributed by atoms with van der Waals surface area (Å²) >= 11 is 0. The molecule has 150 valence electrons. The van der Waals surface area contributed by atoms with Gasteiger partial charge in [0.1, 0.15) is 0 Å². The van der Waals surface area contributed by atoms with Crippen molar-refractivity contribution in [3.8, 4) is 0 Å². The van der Waals surface area contributed by atoms with Gasteiger partial charge in [0.05, 0.1) is 24.0 Å². The average molecular weight is 488 g/mol. The maximum Gasteiger partial charge on any atom is 0.233 e. The highest BCUT2D eigenvalue weighted by molar-refractivity contribution is 14.0. The van der Waals surface area contributed by atoms with E-state index in [1.54, 1.807) is 0 Å². The smallest absolute Gasteiger partial charge is 0.233 e. The molecule has 8 heteroatoms. The van der Waals surface area contributed by atoms with Crippen LogP contribution < -0.4 is 10.6 Å². The minimum absolute atomic E-state index is 0. The van der Waals surface area contributed by atoms with E-state index < -0.39 is 5.60 Å². The minimum atomic E-state index is -0.660. The molecule has 1 saturated heterocycles. The fraction of sp³-hybridized carbons (Fsp3) is 0.737. The third-order valence-electron chi connectivity index (χ3n) is 6.35. The van der Waals surface area contributed by atoms with Crippen LogP contribution in [-0.4, -0.2) is 59.6 Å². The monoisotopic (exact) mass is 488 g/mol. The van der Waals surface area contributed by atoms with Crippen molar-refractivity contribution >= 4 is 41.8 Å². The number of halogens is 1. The molecule has 1 aliphatic heterocycles. The fourth-order valence-corrected chi connectivity index (χ4v) is 4.78. The quantitative estimate of drug-likeness (QED) is 0.170. The van der Waals surface area contributed by atoms with Crippen LogP contribution in [0.1, 0.15) is 32.6 Å². The number of likely N-dealkylation sites (tertiary alicyclic amines) is 1. The normalized spacial score (nSPS) is 33.0. The summed E-state index contributed by atoms with van der Waals surface area (Å²) < 4.78 is 0. The number of imide groups is 1. The summed E-state index contributed by atoms with van der Waals surface area (Å²) in [5.74, 6) is 0.838. The Balaban J connectivity index is 0.00000210. The number of amides is 2. The molecule has 0 spiro atoms. The van der Waals surface area contributed by atoms with Crippen LogP contribution in [0.25, 0.3) is 0 Å². The molecule has 4 aliphatic rings. The van der Waals surface area contributed by atoms with Gasteiger partial charge in [-0.15, -0.1) is 24.0 Å². The van der Waals surface area contributed by atoms with Gasteiger partial charge < -0.3 is 15.7 Å². The number of rotatable bonds is 6. The van der Waals surface area contributed by atoms with Crippen molar-refractivity contribution in [3.05, 3.63) is 12.2 Å². The molecular formula is C19H29IN4O3. The number of carbonyl (C=O) groups excluding carboxylic acids is 2. The molecule has 3 aliphatic carbocycles. The van der Waals surface area contributed by atoms with Crippen molar-refractivity contribution in [2.75, 3.05) is 26.2 Å². The van der Waals surface area contributed by atoms with Crippen LogP contribution in [0, 0.1) is 23.7 Å². The molecule has 2 saturated carbocycles. The van der Waals surface area contributed by atoms with Crippen molar-refractivity contribution in [1.82, 2.24) is 15.5 Å². The fourth-order valence-electron chi connectivity index (χ4n) is 4.78. The van der Waals surface area contributed by atoms with Gasteiger partial charge in [0, 0.05) is 19.6 Å². The lowest BCUT2D eigenvalue weighted by molar-refractivity contribution is -0.140. The van der Waals surface area contributed by atoms with Crippen LogP contribution in [0.3, 0.4) is 0 Å². The Morgan fingerprint density at radius 3 is 2.37 bits per heavy atom. The second-order valence-electron chi connectivity index (χ2n) is 8.03. The number of nitrogens with zero attached hydrogens (tertiary/aromatic N) is 2. The van der Waals surface area contributed by atoms with Crippen LogP contribution in [-0.2, 0) is 9.59 Å². The Morgan fingerprint density at radius 1 is 1.22 bits per heavy atom. The lowest BCUT2D eigenvalue weighted by Gasteiger charge is -2.35. The summed E-state index contributed by atoms with van der Waals surface area (Å²) in [5, 5.41) is 16.5. The van der Waals surface area contributed by atoms with Gasteiger partial charge in [-0.1, -0.05) is 12.2 Å². The number of hydrogen-bond acceptors (Lipinski definition) is 4. The lowest BCUT2D eigenvalue weighted by atomic mass is 9.80. The molecule has 7 nitrogen and oxygen atoms in total. The topological polar surface area (TPSA) is 94.0 Å². The first kappa shape index (κ1) is 20.6. The van der Waals surface area contributed by atoms with Crippen molar-refractivity contribution in [2.45, 2.75) is 38.2 Å². The van der Waals surface area contributed by atoms with Gasteiger partial charge in [-0.3, -0.25) is 19.5 Å². The molecule has 0 radical (unpaired) electrons. The molecule has 2 amide bonds. The zero-order valence-corrected chi connectivity index (χ0v) is 18.0. The third-order valence-corrected chi connectivity index (χ3v) is 6.35. The second-order valence-corrected chi connectivity index (χ2v) is 8.03. The molecule has 0 aromatic rings. The Bertz CT molecular complexity index is 631. The van der Waals surface area contributed by atoms with Crippen molar-refractivity contribution in [1.29, 1.82) is 0 Å². The maximum absolute atomic E-state index is 12.7. The average Bonchev–Trinajstić information content (AvgIpc) is 3.27. The van der Waals surface area contributed by atoms with Gasteiger partial charge in [0.15, 0.2) is 5.96 Å². The molecule has 4 rings (SSSR count). The van der Waals surface area contributed by atoms with E-state index in [1.807, 2.05) is 6.92 Å². The number of aliphatic hydroxyl groups is 1. The van der Waals surface area contributed by atoms with E-state index in [-0.39, 0.29) is 59.5 Å². The Morgan fingerprint density at radius 2 is 1.85 bits per heavy atom. The van der Waals surface area contributed by atoms with Gasteiger partial charge in [-0.25, -0.2) is 0 Å². The molecule has 4 atom stereocenters. The lowest BCUT2D eigenvalue weighted by Crippen LogP contribution is -2.45. The van der Waals surface area contributed by atoms with Gasteiger partial charge in [-0.05, 0) is 44.4 Å². The van der Waals surface area contributed by atoms with Crippen LogP contribution in [0.5, 0.6) is 0 Å². The highest BCUT2D eigenvalue weighted by atomic mass is 127. The molecule has 2 bridgehead atoms. The van der Waals surface area contributed by atoms with Gasteiger partial charge in [0.2, 0.25) is 11.8 Å². The highest BCUT2D eigenvalue weighted by Crippen LogP contribution is 2.52. The van der Waals surface area contributed by atoms with E-state index in [0.29, 0.717) is 32.1 Å². The van der Waals surface area contributed by atoms with E-state index in [2.05, 4.69) is 27.8 Å². The summed E-state index contributed by atoms with van der Waals surface area (Å²) in [6.45, 7) is 3.89. The molecule has 1 heterocycles. The molecule has 0 aromatic heterocycles. The SMILES string of the molecule is CCNC(=NCC1(O)CCC1)NCCN1C(=O)C2C3C=CC(C3)C2C1=O.I. The van der Waals surface area contributed by atoms with E-state index >= 15 is 0 Å². The molecule has 0 aromatic carbocycles. The predicted molar refractivity (Wildman–Crippen MR) is 113 cm³/mol. The first-order valence-electron chi connectivity index (χ1n) is 9.80. The zero-order chi connectivity index (χ0) is 18.3. The predicted octanol–water partition coefficient (Wildman–Crippen LogP) is 0.882. The first-order valence-corrected chi connectivity index (χ1v) is 9.80. The largest absolute Gasteiger partial charge is 0.388 e. The van der Waals surface area contributed by atoms with Crippen molar-refractivity contribution < 1.29 is 14.7 Å². The molecule has 4 unspecified atom stereocenters. The number of allylic oxidation sites excluding steroid dienone is 2. The standard InChI is InChI=1S/C19H28N4O3.HI/c1-2-20-18(22-11-19(26)6-3-7-19)21-8-9-23-16(24)14-12-4-5-13(10-12)15(14)17(23)25;/h4-5,12-15,26H,2-3,6-11H2,1H3,(H2,20,21,22);1H. The zero-order valence-electron chi connectivity index (χ0n) is 15.7.